The normalized spacial score (nSPS) is 10.9. The molecule has 0 N–H and O–H groups in total. The summed E-state index contributed by atoms with van der Waals surface area (Å²) < 4.78 is 1.66. The Morgan fingerprint density at radius 2 is 2.12 bits per heavy atom. The molecule has 0 fully saturated rings. The Hall–Kier alpha value is -2.01. The minimum absolute atomic E-state index is 0.392. The van der Waals surface area contributed by atoms with Crippen LogP contribution in [0.3, 0.4) is 0 Å². The van der Waals surface area contributed by atoms with Gasteiger partial charge in [0.05, 0.1) is 11.6 Å². The lowest BCUT2D eigenvalue weighted by Gasteiger charge is -2.01. The van der Waals surface area contributed by atoms with Gasteiger partial charge in [0, 0.05) is 13.2 Å². The molecule has 0 saturated heterocycles. The number of fused-ring (bicyclic) bond motifs is 1. The maximum atomic E-state index is 6.09. The van der Waals surface area contributed by atoms with Crippen molar-refractivity contribution < 1.29 is 0 Å². The predicted octanol–water partition coefficient (Wildman–Crippen LogP) is 2.08. The lowest BCUT2D eigenvalue weighted by molar-refractivity contribution is 0.785. The van der Waals surface area contributed by atoms with Crippen molar-refractivity contribution in [3.05, 3.63) is 35.7 Å². The van der Waals surface area contributed by atoms with Gasteiger partial charge in [-0.25, -0.2) is 9.97 Å². The van der Waals surface area contributed by atoms with Crippen LogP contribution in [-0.4, -0.2) is 24.7 Å². The summed E-state index contributed by atoms with van der Waals surface area (Å²) in [7, 11) is 1.81. The number of nitrogens with zero attached hydrogens (tertiary/aromatic N) is 5. The van der Waals surface area contributed by atoms with E-state index in [-0.39, 0.29) is 0 Å². The fraction of sp³-hybridized carbons (Fsp3) is 0.0909. The molecule has 0 bridgehead atoms. The van der Waals surface area contributed by atoms with Crippen LogP contribution in [0.4, 0.5) is 0 Å². The van der Waals surface area contributed by atoms with Gasteiger partial charge in [-0.1, -0.05) is 17.7 Å². The molecule has 3 rings (SSSR count). The second-order valence-corrected chi connectivity index (χ2v) is 3.92. The Morgan fingerprint density at radius 1 is 1.24 bits per heavy atom. The van der Waals surface area contributed by atoms with Crippen molar-refractivity contribution in [2.24, 2.45) is 7.05 Å². The van der Waals surface area contributed by atoms with Crippen LogP contribution in [0.5, 0.6) is 0 Å². The Kier molecular flexibility index (Phi) is 2.26. The van der Waals surface area contributed by atoms with Crippen LogP contribution in [0.25, 0.3) is 22.6 Å². The summed E-state index contributed by atoms with van der Waals surface area (Å²) >= 11 is 6.09. The first-order valence-corrected chi connectivity index (χ1v) is 5.40. The fourth-order valence-corrected chi connectivity index (χ4v) is 1.81. The smallest absolute Gasteiger partial charge is 0.181 e. The maximum Gasteiger partial charge on any atom is 0.181 e. The van der Waals surface area contributed by atoms with E-state index in [2.05, 4.69) is 20.1 Å². The SMILES string of the molecule is Cn1ncc2c(Cl)nc(-c3ccccn3)nc21. The molecule has 84 valence electrons. The van der Waals surface area contributed by atoms with Crippen LogP contribution in [0.2, 0.25) is 5.15 Å². The number of hydrogen-bond acceptors (Lipinski definition) is 4. The lowest BCUT2D eigenvalue weighted by Crippen LogP contribution is -1.97. The van der Waals surface area contributed by atoms with Crippen molar-refractivity contribution in [2.45, 2.75) is 0 Å². The van der Waals surface area contributed by atoms with Crippen LogP contribution < -0.4 is 0 Å². The van der Waals surface area contributed by atoms with Crippen molar-refractivity contribution in [1.82, 2.24) is 24.7 Å². The molecule has 0 amide bonds. The van der Waals surface area contributed by atoms with E-state index in [9.17, 15) is 0 Å². The molecule has 5 nitrogen and oxygen atoms in total. The quantitative estimate of drug-likeness (QED) is 0.616. The maximum absolute atomic E-state index is 6.09. The summed E-state index contributed by atoms with van der Waals surface area (Å²) in [4.78, 5) is 12.8. The zero-order valence-corrected chi connectivity index (χ0v) is 9.76. The van der Waals surface area contributed by atoms with Gasteiger partial charge in [-0.2, -0.15) is 5.10 Å². The van der Waals surface area contributed by atoms with Crippen molar-refractivity contribution in [3.63, 3.8) is 0 Å². The molecule has 0 aromatic carbocycles. The van der Waals surface area contributed by atoms with Gasteiger partial charge in [0.1, 0.15) is 10.8 Å². The highest BCUT2D eigenvalue weighted by Gasteiger charge is 2.11. The Balaban J connectivity index is 2.28. The zero-order valence-electron chi connectivity index (χ0n) is 9.00. The van der Waals surface area contributed by atoms with E-state index < -0.39 is 0 Å². The lowest BCUT2D eigenvalue weighted by atomic mass is 10.3. The zero-order chi connectivity index (χ0) is 11.8. The third kappa shape index (κ3) is 1.64. The van der Waals surface area contributed by atoms with E-state index in [1.165, 1.54) is 0 Å². The number of aromatic nitrogens is 5. The molecule has 6 heteroatoms. The van der Waals surface area contributed by atoms with Crippen LogP contribution in [0.15, 0.2) is 30.6 Å². The highest BCUT2D eigenvalue weighted by Crippen LogP contribution is 2.22. The van der Waals surface area contributed by atoms with E-state index in [0.29, 0.717) is 22.3 Å². The van der Waals surface area contributed by atoms with E-state index >= 15 is 0 Å². The highest BCUT2D eigenvalue weighted by molar-refractivity contribution is 6.34. The summed E-state index contributed by atoms with van der Waals surface area (Å²) in [5, 5.41) is 5.24. The first-order valence-electron chi connectivity index (χ1n) is 5.02. The molecule has 3 heterocycles. The third-order valence-corrected chi connectivity index (χ3v) is 2.73. The van der Waals surface area contributed by atoms with Gasteiger partial charge in [-0.15, -0.1) is 0 Å². The average molecular weight is 246 g/mol. The number of halogens is 1. The molecule has 0 unspecified atom stereocenters. The Bertz CT molecular complexity index is 677. The molecular formula is C11H8ClN5. The molecule has 17 heavy (non-hydrogen) atoms. The summed E-state index contributed by atoms with van der Waals surface area (Å²) in [6.45, 7) is 0. The summed E-state index contributed by atoms with van der Waals surface area (Å²) in [6.07, 6.45) is 3.35. The van der Waals surface area contributed by atoms with Gasteiger partial charge in [0.15, 0.2) is 11.5 Å². The second-order valence-electron chi connectivity index (χ2n) is 3.56. The van der Waals surface area contributed by atoms with Gasteiger partial charge in [0.2, 0.25) is 0 Å². The monoisotopic (exact) mass is 245 g/mol. The van der Waals surface area contributed by atoms with E-state index in [0.717, 1.165) is 5.39 Å². The van der Waals surface area contributed by atoms with E-state index in [1.807, 2.05) is 25.2 Å². The molecule has 3 aromatic rings. The van der Waals surface area contributed by atoms with Gasteiger partial charge < -0.3 is 0 Å². The molecule has 0 saturated carbocycles. The molecular weight excluding hydrogens is 238 g/mol. The average Bonchev–Trinajstić information content (AvgIpc) is 2.73. The molecule has 0 radical (unpaired) electrons. The van der Waals surface area contributed by atoms with Crippen molar-refractivity contribution >= 4 is 22.6 Å². The van der Waals surface area contributed by atoms with E-state index in [4.69, 9.17) is 11.6 Å². The van der Waals surface area contributed by atoms with Crippen LogP contribution in [0.1, 0.15) is 0 Å². The molecule has 0 aliphatic heterocycles. The van der Waals surface area contributed by atoms with Crippen LogP contribution in [-0.2, 0) is 7.05 Å². The van der Waals surface area contributed by atoms with Crippen molar-refractivity contribution in [2.75, 3.05) is 0 Å². The Morgan fingerprint density at radius 3 is 2.88 bits per heavy atom. The topological polar surface area (TPSA) is 56.5 Å². The van der Waals surface area contributed by atoms with Crippen LogP contribution >= 0.6 is 11.6 Å². The van der Waals surface area contributed by atoms with Gasteiger partial charge in [-0.05, 0) is 12.1 Å². The first-order chi connectivity index (χ1) is 8.25. The van der Waals surface area contributed by atoms with Crippen molar-refractivity contribution in [1.29, 1.82) is 0 Å². The van der Waals surface area contributed by atoms with Gasteiger partial charge >= 0.3 is 0 Å². The summed E-state index contributed by atoms with van der Waals surface area (Å²) in [6, 6.07) is 5.56. The molecule has 0 spiro atoms. The Labute approximate surface area is 102 Å². The summed E-state index contributed by atoms with van der Waals surface area (Å²) in [5.41, 5.74) is 1.39. The standard InChI is InChI=1S/C11H8ClN5/c1-17-11-7(6-14-17)9(12)15-10(16-11)8-4-2-3-5-13-8/h2-6H,1H3. The molecule has 0 atom stereocenters. The summed E-state index contributed by atoms with van der Waals surface area (Å²) in [5.74, 6) is 0.506. The number of pyridine rings is 1. The molecule has 0 aliphatic carbocycles. The second kappa shape index (κ2) is 3.78. The predicted molar refractivity (Wildman–Crippen MR) is 64.5 cm³/mol. The van der Waals surface area contributed by atoms with Crippen LogP contribution in [0, 0.1) is 0 Å². The number of rotatable bonds is 1. The first kappa shape index (κ1) is 10.2. The highest BCUT2D eigenvalue weighted by atomic mass is 35.5. The fourth-order valence-electron chi connectivity index (χ4n) is 1.60. The number of hydrogen-bond donors (Lipinski definition) is 0. The minimum atomic E-state index is 0.392. The van der Waals surface area contributed by atoms with Gasteiger partial charge in [0.25, 0.3) is 0 Å². The molecule has 0 aliphatic rings. The number of aryl methyl sites for hydroxylation is 1. The third-order valence-electron chi connectivity index (χ3n) is 2.44. The largest absolute Gasteiger partial charge is 0.253 e. The molecule has 3 aromatic heterocycles. The minimum Gasteiger partial charge on any atom is -0.253 e. The van der Waals surface area contributed by atoms with Gasteiger partial charge in [-0.3, -0.25) is 9.67 Å². The van der Waals surface area contributed by atoms with Crippen molar-refractivity contribution in [3.8, 4) is 11.5 Å². The van der Waals surface area contributed by atoms with E-state index in [1.54, 1.807) is 17.1 Å².